The van der Waals surface area contributed by atoms with Gasteiger partial charge in [0.15, 0.2) is 0 Å². The molecule has 3 rings (SSSR count). The first kappa shape index (κ1) is 22.7. The predicted octanol–water partition coefficient (Wildman–Crippen LogP) is 4.48. The molecule has 0 spiro atoms. The van der Waals surface area contributed by atoms with Gasteiger partial charge in [-0.1, -0.05) is 60.2 Å². The second-order valence-corrected chi connectivity index (χ2v) is 9.66. The highest BCUT2D eigenvalue weighted by molar-refractivity contribution is 7.89. The van der Waals surface area contributed by atoms with Gasteiger partial charge in [-0.05, 0) is 62.1 Å². The first-order valence-electron chi connectivity index (χ1n) is 10.2. The summed E-state index contributed by atoms with van der Waals surface area (Å²) in [4.78, 5) is 13.0. The molecule has 0 fully saturated rings. The lowest BCUT2D eigenvalue weighted by atomic mass is 10.1. The average molecular weight is 437 g/mol. The van der Waals surface area contributed by atoms with Crippen molar-refractivity contribution in [1.82, 2.24) is 4.31 Å². The van der Waals surface area contributed by atoms with Gasteiger partial charge < -0.3 is 5.32 Å². The number of aryl methyl sites for hydroxylation is 3. The molecule has 0 saturated heterocycles. The molecule has 0 aliphatic heterocycles. The second-order valence-electron chi connectivity index (χ2n) is 7.76. The van der Waals surface area contributed by atoms with E-state index in [1.165, 1.54) is 4.31 Å². The number of carbonyl (C=O) groups is 1. The number of sulfonamides is 1. The maximum atomic E-state index is 13.5. The molecule has 0 aliphatic rings. The van der Waals surface area contributed by atoms with Crippen LogP contribution in [0.5, 0.6) is 0 Å². The van der Waals surface area contributed by atoms with E-state index in [1.54, 1.807) is 31.2 Å². The zero-order valence-corrected chi connectivity index (χ0v) is 18.9. The maximum Gasteiger partial charge on any atom is 0.243 e. The van der Waals surface area contributed by atoms with E-state index in [1.807, 2.05) is 62.4 Å². The zero-order valence-electron chi connectivity index (χ0n) is 18.1. The normalized spacial score (nSPS) is 11.5. The number of benzene rings is 3. The molecule has 3 aromatic carbocycles. The predicted molar refractivity (Wildman–Crippen MR) is 125 cm³/mol. The number of hydrogen-bond acceptors (Lipinski definition) is 3. The Morgan fingerprint density at radius 2 is 1.52 bits per heavy atom. The minimum atomic E-state index is -3.85. The summed E-state index contributed by atoms with van der Waals surface area (Å²) in [5.41, 5.74) is 4.26. The first-order valence-corrected chi connectivity index (χ1v) is 11.7. The van der Waals surface area contributed by atoms with Gasteiger partial charge in [0.2, 0.25) is 15.9 Å². The Bertz CT molecular complexity index is 1140. The van der Waals surface area contributed by atoms with E-state index in [2.05, 4.69) is 5.32 Å². The molecule has 31 heavy (non-hydrogen) atoms. The zero-order chi connectivity index (χ0) is 22.4. The van der Waals surface area contributed by atoms with Crippen LogP contribution >= 0.6 is 0 Å². The van der Waals surface area contributed by atoms with Crippen LogP contribution in [0.4, 0.5) is 5.69 Å². The Morgan fingerprint density at radius 1 is 0.871 bits per heavy atom. The molecule has 1 N–H and O–H groups in total. The Hall–Kier alpha value is -2.96. The third kappa shape index (κ3) is 6.03. The van der Waals surface area contributed by atoms with Crippen molar-refractivity contribution >= 4 is 21.6 Å². The van der Waals surface area contributed by atoms with Gasteiger partial charge in [0.25, 0.3) is 0 Å². The van der Waals surface area contributed by atoms with E-state index in [0.29, 0.717) is 17.7 Å². The maximum absolute atomic E-state index is 13.5. The summed E-state index contributed by atoms with van der Waals surface area (Å²) >= 11 is 0. The number of nitrogens with zero attached hydrogens (tertiary/aromatic N) is 1. The van der Waals surface area contributed by atoms with Crippen molar-refractivity contribution in [1.29, 1.82) is 0 Å². The number of anilines is 1. The molecule has 0 bridgehead atoms. The fourth-order valence-corrected chi connectivity index (χ4v) is 5.01. The number of rotatable bonds is 8. The number of amides is 1. The van der Waals surface area contributed by atoms with Crippen LogP contribution in [0, 0.1) is 20.8 Å². The molecule has 1 amide bonds. The Kier molecular flexibility index (Phi) is 7.25. The van der Waals surface area contributed by atoms with Crippen LogP contribution in [0.2, 0.25) is 0 Å². The van der Waals surface area contributed by atoms with Crippen molar-refractivity contribution in [3.63, 3.8) is 0 Å². The molecular weight excluding hydrogens is 408 g/mol. The SMILES string of the molecule is Cc1ccc(NC(=O)CN(CCc2ccccc2)S(=O)(=O)c2cc(C)ccc2C)cc1. The smallest absolute Gasteiger partial charge is 0.243 e. The van der Waals surface area contributed by atoms with Gasteiger partial charge in [-0.2, -0.15) is 4.31 Å². The molecule has 0 saturated carbocycles. The van der Waals surface area contributed by atoms with Gasteiger partial charge in [-0.3, -0.25) is 4.79 Å². The van der Waals surface area contributed by atoms with Crippen LogP contribution in [-0.2, 0) is 21.2 Å². The molecule has 0 radical (unpaired) electrons. The summed E-state index contributed by atoms with van der Waals surface area (Å²) in [7, 11) is -3.85. The minimum absolute atomic E-state index is 0.209. The van der Waals surface area contributed by atoms with E-state index >= 15 is 0 Å². The first-order chi connectivity index (χ1) is 14.8. The van der Waals surface area contributed by atoms with Crippen LogP contribution in [-0.4, -0.2) is 31.7 Å². The van der Waals surface area contributed by atoms with Crippen LogP contribution in [0.3, 0.4) is 0 Å². The van der Waals surface area contributed by atoms with Crippen molar-refractivity contribution in [2.24, 2.45) is 0 Å². The van der Waals surface area contributed by atoms with Gasteiger partial charge in [-0.15, -0.1) is 0 Å². The lowest BCUT2D eigenvalue weighted by Crippen LogP contribution is -2.39. The van der Waals surface area contributed by atoms with Gasteiger partial charge >= 0.3 is 0 Å². The molecule has 0 aliphatic carbocycles. The van der Waals surface area contributed by atoms with Crippen LogP contribution in [0.25, 0.3) is 0 Å². The molecule has 0 heterocycles. The molecule has 5 nitrogen and oxygen atoms in total. The summed E-state index contributed by atoms with van der Waals surface area (Å²) in [5.74, 6) is -0.370. The largest absolute Gasteiger partial charge is 0.325 e. The average Bonchev–Trinajstić information content (AvgIpc) is 2.75. The van der Waals surface area contributed by atoms with Crippen LogP contribution < -0.4 is 5.32 Å². The second kappa shape index (κ2) is 9.90. The highest BCUT2D eigenvalue weighted by Crippen LogP contribution is 2.22. The topological polar surface area (TPSA) is 66.5 Å². The molecule has 162 valence electrons. The van der Waals surface area contributed by atoms with Gasteiger partial charge in [0.1, 0.15) is 0 Å². The third-order valence-electron chi connectivity index (χ3n) is 5.11. The van der Waals surface area contributed by atoms with E-state index in [9.17, 15) is 13.2 Å². The summed E-state index contributed by atoms with van der Waals surface area (Å²) in [5, 5.41) is 2.80. The molecule has 0 atom stereocenters. The summed E-state index contributed by atoms with van der Waals surface area (Å²) in [6, 6.07) is 22.4. The summed E-state index contributed by atoms with van der Waals surface area (Å²) in [6.07, 6.45) is 0.517. The number of carbonyl (C=O) groups excluding carboxylic acids is 1. The Labute approximate surface area is 184 Å². The third-order valence-corrected chi connectivity index (χ3v) is 7.10. The van der Waals surface area contributed by atoms with Gasteiger partial charge in [0, 0.05) is 12.2 Å². The molecule has 0 aromatic heterocycles. The van der Waals surface area contributed by atoms with Crippen molar-refractivity contribution in [2.45, 2.75) is 32.1 Å². The molecular formula is C25H28N2O3S. The summed E-state index contributed by atoms with van der Waals surface area (Å²) < 4.78 is 28.3. The number of nitrogens with one attached hydrogen (secondary N) is 1. The monoisotopic (exact) mass is 436 g/mol. The molecule has 6 heteroatoms. The van der Waals surface area contributed by atoms with Gasteiger partial charge in [-0.25, -0.2) is 8.42 Å². The molecule has 0 unspecified atom stereocenters. The van der Waals surface area contributed by atoms with Crippen molar-refractivity contribution in [3.05, 3.63) is 95.1 Å². The Balaban J connectivity index is 1.85. The Morgan fingerprint density at radius 3 is 2.19 bits per heavy atom. The highest BCUT2D eigenvalue weighted by atomic mass is 32.2. The van der Waals surface area contributed by atoms with Gasteiger partial charge in [0.05, 0.1) is 11.4 Å². The van der Waals surface area contributed by atoms with E-state index in [0.717, 1.165) is 16.7 Å². The van der Waals surface area contributed by atoms with E-state index < -0.39 is 10.0 Å². The lowest BCUT2D eigenvalue weighted by Gasteiger charge is -2.23. The van der Waals surface area contributed by atoms with E-state index in [4.69, 9.17) is 0 Å². The van der Waals surface area contributed by atoms with Crippen molar-refractivity contribution < 1.29 is 13.2 Å². The molecule has 3 aromatic rings. The fraction of sp³-hybridized carbons (Fsp3) is 0.240. The highest BCUT2D eigenvalue weighted by Gasteiger charge is 2.28. The standard InChI is InChI=1S/C25H28N2O3S/c1-19-10-13-23(14-11-19)26-25(28)18-27(16-15-22-7-5-4-6-8-22)31(29,30)24-17-20(2)9-12-21(24)3/h4-14,17H,15-16,18H2,1-3H3,(H,26,28). The minimum Gasteiger partial charge on any atom is -0.325 e. The summed E-state index contributed by atoms with van der Waals surface area (Å²) in [6.45, 7) is 5.55. The van der Waals surface area contributed by atoms with Crippen LogP contribution in [0.1, 0.15) is 22.3 Å². The lowest BCUT2D eigenvalue weighted by molar-refractivity contribution is -0.116. The fourth-order valence-electron chi connectivity index (χ4n) is 3.30. The van der Waals surface area contributed by atoms with Crippen molar-refractivity contribution in [2.75, 3.05) is 18.4 Å². The number of hydrogen-bond donors (Lipinski definition) is 1. The van der Waals surface area contributed by atoms with Crippen LogP contribution in [0.15, 0.2) is 77.7 Å². The quantitative estimate of drug-likeness (QED) is 0.566. The van der Waals surface area contributed by atoms with E-state index in [-0.39, 0.29) is 23.9 Å². The van der Waals surface area contributed by atoms with Crippen molar-refractivity contribution in [3.8, 4) is 0 Å².